The van der Waals surface area contributed by atoms with Gasteiger partial charge in [0.25, 0.3) is 0 Å². The number of nitrogens with zero attached hydrogens (tertiary/aromatic N) is 1. The molecule has 88 valence electrons. The molecule has 1 amide bonds. The van der Waals surface area contributed by atoms with Crippen LogP contribution in [0.3, 0.4) is 0 Å². The van der Waals surface area contributed by atoms with Crippen LogP contribution in [0.2, 0.25) is 0 Å². The van der Waals surface area contributed by atoms with Crippen molar-refractivity contribution in [2.45, 2.75) is 32.7 Å². The standard InChI is InChI=1S/C14H16N2O/c1-14(2,3)10-7-16-8-12(17)15-11-6-4-5-9(10)13(11)16/h4-7H,8H2,1-3H3,(H,15,17). The second kappa shape index (κ2) is 3.13. The summed E-state index contributed by atoms with van der Waals surface area (Å²) in [7, 11) is 0. The summed E-state index contributed by atoms with van der Waals surface area (Å²) in [6, 6.07) is 6.10. The molecule has 1 aromatic heterocycles. The van der Waals surface area contributed by atoms with Crippen molar-refractivity contribution in [1.82, 2.24) is 4.57 Å². The summed E-state index contributed by atoms with van der Waals surface area (Å²) in [6.07, 6.45) is 2.12. The minimum Gasteiger partial charge on any atom is -0.336 e. The normalized spacial score (nSPS) is 15.1. The average Bonchev–Trinajstić information content (AvgIpc) is 2.58. The Morgan fingerprint density at radius 2 is 2.06 bits per heavy atom. The van der Waals surface area contributed by atoms with Crippen molar-refractivity contribution in [3.8, 4) is 0 Å². The van der Waals surface area contributed by atoms with E-state index in [1.54, 1.807) is 0 Å². The maximum atomic E-state index is 11.6. The van der Waals surface area contributed by atoms with Crippen LogP contribution in [0, 0.1) is 0 Å². The molecule has 0 radical (unpaired) electrons. The van der Waals surface area contributed by atoms with Gasteiger partial charge in [0.2, 0.25) is 5.91 Å². The molecule has 1 aliphatic rings. The maximum absolute atomic E-state index is 11.6. The van der Waals surface area contributed by atoms with E-state index in [9.17, 15) is 4.79 Å². The molecule has 1 N–H and O–H groups in total. The van der Waals surface area contributed by atoms with Gasteiger partial charge >= 0.3 is 0 Å². The van der Waals surface area contributed by atoms with E-state index in [4.69, 9.17) is 0 Å². The molecule has 1 aliphatic heterocycles. The second-order valence-corrected chi connectivity index (χ2v) is 5.67. The van der Waals surface area contributed by atoms with Gasteiger partial charge in [0.05, 0.1) is 11.2 Å². The summed E-state index contributed by atoms with van der Waals surface area (Å²) >= 11 is 0. The largest absolute Gasteiger partial charge is 0.336 e. The quantitative estimate of drug-likeness (QED) is 0.739. The van der Waals surface area contributed by atoms with Gasteiger partial charge in [-0.3, -0.25) is 4.79 Å². The number of benzene rings is 1. The van der Waals surface area contributed by atoms with E-state index in [2.05, 4.69) is 42.9 Å². The maximum Gasteiger partial charge on any atom is 0.244 e. The molecule has 0 saturated carbocycles. The second-order valence-electron chi connectivity index (χ2n) is 5.67. The highest BCUT2D eigenvalue weighted by Crippen LogP contribution is 2.36. The number of rotatable bonds is 0. The number of amides is 1. The molecule has 3 rings (SSSR count). The smallest absolute Gasteiger partial charge is 0.244 e. The van der Waals surface area contributed by atoms with Gasteiger partial charge in [-0.15, -0.1) is 0 Å². The molecule has 3 heteroatoms. The topological polar surface area (TPSA) is 34.0 Å². The summed E-state index contributed by atoms with van der Waals surface area (Å²) in [5.74, 6) is 0.0565. The number of anilines is 1. The fraction of sp³-hybridized carbons (Fsp3) is 0.357. The molecule has 0 fully saturated rings. The van der Waals surface area contributed by atoms with Gasteiger partial charge in [-0.05, 0) is 17.0 Å². The van der Waals surface area contributed by atoms with Crippen molar-refractivity contribution in [2.24, 2.45) is 0 Å². The number of aromatic nitrogens is 1. The Bertz CT molecular complexity index is 617. The predicted molar refractivity (Wildman–Crippen MR) is 69.3 cm³/mol. The number of hydrogen-bond acceptors (Lipinski definition) is 1. The van der Waals surface area contributed by atoms with Crippen LogP contribution in [0.5, 0.6) is 0 Å². The first kappa shape index (κ1) is 10.4. The van der Waals surface area contributed by atoms with Crippen molar-refractivity contribution >= 4 is 22.5 Å². The van der Waals surface area contributed by atoms with Gasteiger partial charge in [0, 0.05) is 11.6 Å². The highest BCUT2D eigenvalue weighted by atomic mass is 16.2. The van der Waals surface area contributed by atoms with E-state index in [0.29, 0.717) is 6.54 Å². The molecule has 17 heavy (non-hydrogen) atoms. The van der Waals surface area contributed by atoms with Crippen LogP contribution in [-0.2, 0) is 16.8 Å². The van der Waals surface area contributed by atoms with E-state index in [1.165, 1.54) is 10.9 Å². The van der Waals surface area contributed by atoms with Crippen LogP contribution < -0.4 is 5.32 Å². The highest BCUT2D eigenvalue weighted by Gasteiger charge is 2.24. The first-order valence-corrected chi connectivity index (χ1v) is 5.89. The Kier molecular flexibility index (Phi) is 1.91. The van der Waals surface area contributed by atoms with E-state index in [-0.39, 0.29) is 11.3 Å². The first-order chi connectivity index (χ1) is 7.97. The Morgan fingerprint density at radius 3 is 2.76 bits per heavy atom. The van der Waals surface area contributed by atoms with Crippen molar-refractivity contribution in [1.29, 1.82) is 0 Å². The number of para-hydroxylation sites is 1. The fourth-order valence-electron chi connectivity index (χ4n) is 2.53. The monoisotopic (exact) mass is 228 g/mol. The third-order valence-corrected chi connectivity index (χ3v) is 3.29. The fourth-order valence-corrected chi connectivity index (χ4v) is 2.53. The lowest BCUT2D eigenvalue weighted by molar-refractivity contribution is -0.116. The van der Waals surface area contributed by atoms with Crippen LogP contribution in [-0.4, -0.2) is 10.5 Å². The van der Waals surface area contributed by atoms with Crippen LogP contribution in [0.15, 0.2) is 24.4 Å². The summed E-state index contributed by atoms with van der Waals surface area (Å²) in [4.78, 5) is 11.6. The van der Waals surface area contributed by atoms with Crippen molar-refractivity contribution in [3.05, 3.63) is 30.0 Å². The molecule has 0 atom stereocenters. The molecule has 0 spiro atoms. The van der Waals surface area contributed by atoms with Crippen molar-refractivity contribution in [2.75, 3.05) is 5.32 Å². The van der Waals surface area contributed by atoms with Crippen LogP contribution >= 0.6 is 0 Å². The third kappa shape index (κ3) is 1.46. The third-order valence-electron chi connectivity index (χ3n) is 3.29. The molecule has 0 bridgehead atoms. The van der Waals surface area contributed by atoms with Gasteiger partial charge < -0.3 is 9.88 Å². The van der Waals surface area contributed by atoms with Gasteiger partial charge in [-0.2, -0.15) is 0 Å². The zero-order valence-corrected chi connectivity index (χ0v) is 10.4. The van der Waals surface area contributed by atoms with Crippen LogP contribution in [0.25, 0.3) is 10.9 Å². The summed E-state index contributed by atoms with van der Waals surface area (Å²) < 4.78 is 2.06. The minimum atomic E-state index is 0.0565. The number of hydrogen-bond donors (Lipinski definition) is 1. The lowest BCUT2D eigenvalue weighted by atomic mass is 9.87. The van der Waals surface area contributed by atoms with Gasteiger partial charge in [-0.1, -0.05) is 32.9 Å². The molecule has 3 nitrogen and oxygen atoms in total. The zero-order chi connectivity index (χ0) is 12.2. The van der Waals surface area contributed by atoms with Crippen molar-refractivity contribution < 1.29 is 4.79 Å². The summed E-state index contributed by atoms with van der Waals surface area (Å²) in [5, 5.41) is 4.17. The lowest BCUT2D eigenvalue weighted by Gasteiger charge is -2.17. The van der Waals surface area contributed by atoms with E-state index < -0.39 is 0 Å². The van der Waals surface area contributed by atoms with Gasteiger partial charge in [-0.25, -0.2) is 0 Å². The first-order valence-electron chi connectivity index (χ1n) is 5.89. The Balaban J connectivity index is 2.38. The molecule has 0 unspecified atom stereocenters. The molecule has 1 aromatic carbocycles. The zero-order valence-electron chi connectivity index (χ0n) is 10.4. The van der Waals surface area contributed by atoms with E-state index in [1.807, 2.05) is 12.1 Å². The average molecular weight is 228 g/mol. The van der Waals surface area contributed by atoms with Crippen LogP contribution in [0.4, 0.5) is 5.69 Å². The molecule has 2 aromatic rings. The van der Waals surface area contributed by atoms with E-state index >= 15 is 0 Å². The van der Waals surface area contributed by atoms with Crippen molar-refractivity contribution in [3.63, 3.8) is 0 Å². The molecule has 2 heterocycles. The Morgan fingerprint density at radius 1 is 1.29 bits per heavy atom. The van der Waals surface area contributed by atoms with Crippen LogP contribution in [0.1, 0.15) is 26.3 Å². The number of nitrogens with one attached hydrogen (secondary N) is 1. The summed E-state index contributed by atoms with van der Waals surface area (Å²) in [6.45, 7) is 7.02. The molecule has 0 aliphatic carbocycles. The SMILES string of the molecule is CC(C)(C)c1cn2c3c(cccc13)NC(=O)C2. The Hall–Kier alpha value is -1.77. The number of carbonyl (C=O) groups excluding carboxylic acids is 1. The van der Waals surface area contributed by atoms with Gasteiger partial charge in [0.15, 0.2) is 0 Å². The predicted octanol–water partition coefficient (Wildman–Crippen LogP) is 2.89. The summed E-state index contributed by atoms with van der Waals surface area (Å²) in [5.41, 5.74) is 3.47. The molecular weight excluding hydrogens is 212 g/mol. The minimum absolute atomic E-state index is 0.0565. The lowest BCUT2D eigenvalue weighted by Crippen LogP contribution is -2.23. The van der Waals surface area contributed by atoms with E-state index in [0.717, 1.165) is 11.2 Å². The Labute approximate surface area is 100 Å². The highest BCUT2D eigenvalue weighted by molar-refractivity contribution is 6.05. The molecule has 0 saturated heterocycles. The number of carbonyl (C=O) groups is 1. The molecular formula is C14H16N2O. The van der Waals surface area contributed by atoms with Gasteiger partial charge in [0.1, 0.15) is 6.54 Å².